The van der Waals surface area contributed by atoms with E-state index in [-0.39, 0.29) is 12.0 Å². The number of halogens is 2. The van der Waals surface area contributed by atoms with Gasteiger partial charge in [-0.15, -0.1) is 0 Å². The Morgan fingerprint density at radius 2 is 1.86 bits per heavy atom. The van der Waals surface area contributed by atoms with Gasteiger partial charge in [0.15, 0.2) is 11.6 Å². The summed E-state index contributed by atoms with van der Waals surface area (Å²) in [7, 11) is 0. The fraction of sp³-hybridized carbons (Fsp3) is 0.333. The Hall–Kier alpha value is -1.74. The third-order valence-corrected chi connectivity index (χ3v) is 4.32. The van der Waals surface area contributed by atoms with E-state index in [1.807, 2.05) is 18.2 Å². The van der Waals surface area contributed by atoms with Gasteiger partial charge in [0.25, 0.3) is 0 Å². The van der Waals surface area contributed by atoms with Crippen LogP contribution in [0, 0.1) is 11.6 Å². The summed E-state index contributed by atoms with van der Waals surface area (Å²) in [6.45, 7) is 0. The minimum Gasteiger partial charge on any atom is -0.388 e. The Balaban J connectivity index is 1.78. The van der Waals surface area contributed by atoms with E-state index in [1.165, 1.54) is 37.0 Å². The highest BCUT2D eigenvalue weighted by molar-refractivity contribution is 5.30. The molecule has 1 aliphatic rings. The molecule has 0 bridgehead atoms. The normalized spacial score (nSPS) is 16.5. The fourth-order valence-corrected chi connectivity index (χ4v) is 2.79. The quantitative estimate of drug-likeness (QED) is 0.877. The van der Waals surface area contributed by atoms with E-state index in [2.05, 4.69) is 6.07 Å². The molecule has 0 radical (unpaired) electrons. The average Bonchev–Trinajstić information content (AvgIpc) is 2.42. The van der Waals surface area contributed by atoms with Crippen molar-refractivity contribution >= 4 is 0 Å². The lowest BCUT2D eigenvalue weighted by Gasteiger charge is -2.26. The molecule has 1 unspecified atom stereocenters. The highest BCUT2D eigenvalue weighted by Gasteiger charge is 2.21. The first-order chi connectivity index (χ1) is 10.1. The molecular formula is C18H18F2O. The van der Waals surface area contributed by atoms with E-state index in [0.717, 1.165) is 11.6 Å². The summed E-state index contributed by atoms with van der Waals surface area (Å²) in [5, 5.41) is 10.3. The summed E-state index contributed by atoms with van der Waals surface area (Å²) >= 11 is 0. The van der Waals surface area contributed by atoms with Crippen LogP contribution in [0.4, 0.5) is 8.78 Å². The number of rotatable bonds is 4. The predicted molar refractivity (Wildman–Crippen MR) is 78.1 cm³/mol. The zero-order chi connectivity index (χ0) is 14.8. The van der Waals surface area contributed by atoms with Crippen molar-refractivity contribution in [2.75, 3.05) is 0 Å². The summed E-state index contributed by atoms with van der Waals surface area (Å²) < 4.78 is 26.9. The molecule has 1 atom stereocenters. The third-order valence-electron chi connectivity index (χ3n) is 4.32. The molecule has 110 valence electrons. The monoisotopic (exact) mass is 288 g/mol. The summed E-state index contributed by atoms with van der Waals surface area (Å²) in [5.41, 5.74) is 2.21. The lowest BCUT2D eigenvalue weighted by molar-refractivity contribution is 0.176. The van der Waals surface area contributed by atoms with Crippen LogP contribution in [0.1, 0.15) is 48.0 Å². The molecule has 2 aromatic carbocycles. The molecule has 3 heteroatoms. The van der Waals surface area contributed by atoms with E-state index in [0.29, 0.717) is 5.92 Å². The van der Waals surface area contributed by atoms with Crippen LogP contribution in [-0.2, 0) is 6.42 Å². The largest absolute Gasteiger partial charge is 0.388 e. The first-order valence-corrected chi connectivity index (χ1v) is 7.36. The molecule has 1 saturated carbocycles. The van der Waals surface area contributed by atoms with Crippen molar-refractivity contribution in [3.05, 3.63) is 70.8 Å². The van der Waals surface area contributed by atoms with Crippen LogP contribution in [0.15, 0.2) is 42.5 Å². The second-order valence-electron chi connectivity index (χ2n) is 5.73. The molecule has 0 aromatic heterocycles. The standard InChI is InChI=1S/C18H18F2O/c19-16-9-3-8-15(18(16)20)11-17(21)14-7-2-6-13(10-14)12-4-1-5-12/h2-3,6-10,12,17,21H,1,4-5,11H2. The van der Waals surface area contributed by atoms with Crippen molar-refractivity contribution in [3.8, 4) is 0 Å². The predicted octanol–water partition coefficient (Wildman–Crippen LogP) is 4.51. The second kappa shape index (κ2) is 5.94. The van der Waals surface area contributed by atoms with Gasteiger partial charge in [-0.3, -0.25) is 0 Å². The Bertz CT molecular complexity index is 635. The summed E-state index contributed by atoms with van der Waals surface area (Å²) in [6, 6.07) is 11.9. The molecule has 0 spiro atoms. The average molecular weight is 288 g/mol. The van der Waals surface area contributed by atoms with Gasteiger partial charge in [-0.05, 0) is 41.5 Å². The Kier molecular flexibility index (Phi) is 4.02. The first kappa shape index (κ1) is 14.2. The minimum atomic E-state index is -0.872. The molecule has 0 aliphatic heterocycles. The van der Waals surface area contributed by atoms with Crippen LogP contribution in [0.3, 0.4) is 0 Å². The van der Waals surface area contributed by atoms with Gasteiger partial charge in [-0.2, -0.15) is 0 Å². The molecule has 21 heavy (non-hydrogen) atoms. The first-order valence-electron chi connectivity index (χ1n) is 7.36. The second-order valence-corrected chi connectivity index (χ2v) is 5.73. The molecular weight excluding hydrogens is 270 g/mol. The molecule has 3 rings (SSSR count). The van der Waals surface area contributed by atoms with Crippen LogP contribution in [0.2, 0.25) is 0 Å². The molecule has 1 fully saturated rings. The Morgan fingerprint density at radius 3 is 2.57 bits per heavy atom. The van der Waals surface area contributed by atoms with Crippen molar-refractivity contribution in [3.63, 3.8) is 0 Å². The van der Waals surface area contributed by atoms with Gasteiger partial charge in [-0.1, -0.05) is 42.8 Å². The maximum atomic E-state index is 13.7. The van der Waals surface area contributed by atoms with Gasteiger partial charge in [0, 0.05) is 6.42 Å². The highest BCUT2D eigenvalue weighted by Crippen LogP contribution is 2.37. The highest BCUT2D eigenvalue weighted by atomic mass is 19.2. The van der Waals surface area contributed by atoms with E-state index >= 15 is 0 Å². The lowest BCUT2D eigenvalue weighted by atomic mass is 9.79. The lowest BCUT2D eigenvalue weighted by Crippen LogP contribution is -2.10. The van der Waals surface area contributed by atoms with Crippen molar-refractivity contribution < 1.29 is 13.9 Å². The van der Waals surface area contributed by atoms with E-state index in [1.54, 1.807) is 0 Å². The van der Waals surface area contributed by atoms with E-state index < -0.39 is 17.7 Å². The molecule has 1 aliphatic carbocycles. The smallest absolute Gasteiger partial charge is 0.162 e. The molecule has 0 heterocycles. The van der Waals surface area contributed by atoms with Gasteiger partial charge in [-0.25, -0.2) is 8.78 Å². The van der Waals surface area contributed by atoms with Gasteiger partial charge in [0.2, 0.25) is 0 Å². The fourth-order valence-electron chi connectivity index (χ4n) is 2.79. The number of benzene rings is 2. The summed E-state index contributed by atoms with van der Waals surface area (Å²) in [5.74, 6) is -1.15. The van der Waals surface area contributed by atoms with Crippen molar-refractivity contribution in [2.45, 2.75) is 37.7 Å². The third kappa shape index (κ3) is 2.98. The maximum absolute atomic E-state index is 13.7. The van der Waals surface area contributed by atoms with Crippen LogP contribution in [-0.4, -0.2) is 5.11 Å². The molecule has 1 N–H and O–H groups in total. The summed E-state index contributed by atoms with van der Waals surface area (Å²) in [4.78, 5) is 0. The molecule has 1 nitrogen and oxygen atoms in total. The number of aliphatic hydroxyl groups excluding tert-OH is 1. The number of hydrogen-bond donors (Lipinski definition) is 1. The molecule has 0 amide bonds. The van der Waals surface area contributed by atoms with Crippen LogP contribution in [0.25, 0.3) is 0 Å². The van der Waals surface area contributed by atoms with E-state index in [4.69, 9.17) is 0 Å². The van der Waals surface area contributed by atoms with Crippen molar-refractivity contribution in [1.82, 2.24) is 0 Å². The Morgan fingerprint density at radius 1 is 1.10 bits per heavy atom. The molecule has 2 aromatic rings. The molecule has 0 saturated heterocycles. The summed E-state index contributed by atoms with van der Waals surface area (Å²) in [6.07, 6.45) is 2.90. The Labute approximate surface area is 123 Å². The van der Waals surface area contributed by atoms with Gasteiger partial charge in [0.1, 0.15) is 0 Å². The SMILES string of the molecule is OC(Cc1cccc(F)c1F)c1cccc(C2CCC2)c1. The number of hydrogen-bond acceptors (Lipinski definition) is 1. The van der Waals surface area contributed by atoms with Crippen LogP contribution < -0.4 is 0 Å². The van der Waals surface area contributed by atoms with Gasteiger partial charge >= 0.3 is 0 Å². The van der Waals surface area contributed by atoms with Crippen molar-refractivity contribution in [1.29, 1.82) is 0 Å². The zero-order valence-electron chi connectivity index (χ0n) is 11.7. The zero-order valence-corrected chi connectivity index (χ0v) is 11.7. The van der Waals surface area contributed by atoms with Gasteiger partial charge < -0.3 is 5.11 Å². The topological polar surface area (TPSA) is 20.2 Å². The minimum absolute atomic E-state index is 0.0811. The number of aliphatic hydroxyl groups is 1. The van der Waals surface area contributed by atoms with Crippen LogP contribution in [0.5, 0.6) is 0 Å². The van der Waals surface area contributed by atoms with Crippen LogP contribution >= 0.6 is 0 Å². The van der Waals surface area contributed by atoms with E-state index in [9.17, 15) is 13.9 Å². The maximum Gasteiger partial charge on any atom is 0.162 e. The van der Waals surface area contributed by atoms with Crippen molar-refractivity contribution in [2.24, 2.45) is 0 Å². The van der Waals surface area contributed by atoms with Gasteiger partial charge in [0.05, 0.1) is 6.10 Å².